The minimum atomic E-state index is -2.87. The number of carbonyl (C=O) groups is 1. The van der Waals surface area contributed by atoms with E-state index in [0.29, 0.717) is 25.0 Å². The van der Waals surface area contributed by atoms with Gasteiger partial charge in [0, 0.05) is 5.57 Å². The normalized spacial score (nSPS) is 19.7. The molecule has 1 fully saturated rings. The summed E-state index contributed by atoms with van der Waals surface area (Å²) in [6, 6.07) is 0. The lowest BCUT2D eigenvalue weighted by Crippen LogP contribution is -2.20. The maximum absolute atomic E-state index is 11.4. The second kappa shape index (κ2) is 4.79. The van der Waals surface area contributed by atoms with Crippen LogP contribution in [-0.4, -0.2) is 32.5 Å². The molecule has 0 radical (unpaired) electrons. The van der Waals surface area contributed by atoms with E-state index in [1.807, 2.05) is 0 Å². The summed E-state index contributed by atoms with van der Waals surface area (Å²) in [5.74, 6) is -0.0233. The molecule has 0 aromatic heterocycles. The van der Waals surface area contributed by atoms with E-state index in [9.17, 15) is 13.2 Å². The highest BCUT2D eigenvalue weighted by Crippen LogP contribution is 2.21. The van der Waals surface area contributed by atoms with Crippen LogP contribution in [0.4, 0.5) is 0 Å². The van der Waals surface area contributed by atoms with Crippen LogP contribution in [0.5, 0.6) is 0 Å². The predicted octanol–water partition coefficient (Wildman–Crippen LogP) is 1.07. The Morgan fingerprint density at radius 2 is 1.87 bits per heavy atom. The average Bonchev–Trinajstić information content (AvgIpc) is 2.17. The second-order valence-electron chi connectivity index (χ2n) is 3.60. The van der Waals surface area contributed by atoms with Crippen LogP contribution in [0.1, 0.15) is 26.7 Å². The van der Waals surface area contributed by atoms with Crippen molar-refractivity contribution >= 4 is 15.8 Å². The van der Waals surface area contributed by atoms with Gasteiger partial charge in [0.1, 0.15) is 0 Å². The lowest BCUT2D eigenvalue weighted by atomic mass is 10.0. The molecule has 4 nitrogen and oxygen atoms in total. The second-order valence-corrected chi connectivity index (χ2v) is 5.90. The Morgan fingerprint density at radius 3 is 2.33 bits per heavy atom. The summed E-state index contributed by atoms with van der Waals surface area (Å²) in [7, 11) is -2.87. The Hall–Kier alpha value is -0.840. The van der Waals surface area contributed by atoms with Crippen LogP contribution in [0, 0.1) is 0 Å². The van der Waals surface area contributed by atoms with Gasteiger partial charge in [-0.15, -0.1) is 0 Å². The van der Waals surface area contributed by atoms with Crippen LogP contribution < -0.4 is 0 Å². The van der Waals surface area contributed by atoms with Gasteiger partial charge in [0.05, 0.1) is 18.1 Å². The van der Waals surface area contributed by atoms with Gasteiger partial charge >= 0.3 is 5.97 Å². The first-order chi connectivity index (χ1) is 6.96. The van der Waals surface area contributed by atoms with E-state index in [2.05, 4.69) is 0 Å². The zero-order valence-corrected chi connectivity index (χ0v) is 9.89. The molecule has 0 aromatic carbocycles. The Labute approximate surface area is 90.2 Å². The molecule has 1 heterocycles. The number of rotatable bonds is 2. The number of ether oxygens (including phenoxy) is 1. The fraction of sp³-hybridized carbons (Fsp3) is 0.700. The lowest BCUT2D eigenvalue weighted by Gasteiger charge is -2.16. The molecule has 0 saturated carbocycles. The molecule has 1 aliphatic rings. The fourth-order valence-electron chi connectivity index (χ4n) is 1.54. The standard InChI is InChI=1S/C10H16O4S/c1-3-14-10(11)8(2)9-4-6-15(12,13)7-5-9/h3-7H2,1-2H3. The smallest absolute Gasteiger partial charge is 0.333 e. The van der Waals surface area contributed by atoms with E-state index < -0.39 is 9.84 Å². The summed E-state index contributed by atoms with van der Waals surface area (Å²) in [4.78, 5) is 11.4. The predicted molar refractivity (Wildman–Crippen MR) is 57.2 cm³/mol. The number of esters is 1. The third kappa shape index (κ3) is 3.34. The zero-order valence-electron chi connectivity index (χ0n) is 9.08. The molecule has 0 unspecified atom stereocenters. The third-order valence-corrected chi connectivity index (χ3v) is 4.19. The van der Waals surface area contributed by atoms with Crippen molar-refractivity contribution in [1.29, 1.82) is 0 Å². The van der Waals surface area contributed by atoms with Crippen LogP contribution in [-0.2, 0) is 19.4 Å². The van der Waals surface area contributed by atoms with Gasteiger partial charge in [0.25, 0.3) is 0 Å². The van der Waals surface area contributed by atoms with Gasteiger partial charge in [-0.25, -0.2) is 13.2 Å². The average molecular weight is 232 g/mol. The summed E-state index contributed by atoms with van der Waals surface area (Å²) < 4.78 is 27.2. The van der Waals surface area contributed by atoms with Crippen molar-refractivity contribution in [2.24, 2.45) is 0 Å². The maximum atomic E-state index is 11.4. The fourth-order valence-corrected chi connectivity index (χ4v) is 2.86. The molecule has 0 amide bonds. The number of hydrogen-bond donors (Lipinski definition) is 0. The number of hydrogen-bond acceptors (Lipinski definition) is 4. The van der Waals surface area contributed by atoms with Crippen molar-refractivity contribution in [2.45, 2.75) is 26.7 Å². The largest absolute Gasteiger partial charge is 0.463 e. The highest BCUT2D eigenvalue weighted by molar-refractivity contribution is 7.91. The molecule has 1 aliphatic heterocycles. The van der Waals surface area contributed by atoms with Gasteiger partial charge in [0.2, 0.25) is 0 Å². The molecule has 0 aromatic rings. The highest BCUT2D eigenvalue weighted by atomic mass is 32.2. The minimum absolute atomic E-state index is 0.152. The van der Waals surface area contributed by atoms with E-state index in [1.165, 1.54) is 0 Å². The minimum Gasteiger partial charge on any atom is -0.463 e. The Morgan fingerprint density at radius 1 is 1.33 bits per heavy atom. The molecule has 0 spiro atoms. The van der Waals surface area contributed by atoms with Crippen molar-refractivity contribution in [2.75, 3.05) is 18.1 Å². The monoisotopic (exact) mass is 232 g/mol. The first kappa shape index (κ1) is 12.2. The molecular formula is C10H16O4S. The van der Waals surface area contributed by atoms with Gasteiger partial charge in [-0.1, -0.05) is 5.57 Å². The zero-order chi connectivity index (χ0) is 11.5. The summed E-state index contributed by atoms with van der Waals surface area (Å²) in [5.41, 5.74) is 1.50. The van der Waals surface area contributed by atoms with Crippen molar-refractivity contribution in [3.05, 3.63) is 11.1 Å². The number of allylic oxidation sites excluding steroid dienone is 1. The molecule has 0 bridgehead atoms. The summed E-state index contributed by atoms with van der Waals surface area (Å²) >= 11 is 0. The van der Waals surface area contributed by atoms with Gasteiger partial charge < -0.3 is 4.74 Å². The van der Waals surface area contributed by atoms with Crippen LogP contribution >= 0.6 is 0 Å². The molecule has 15 heavy (non-hydrogen) atoms. The van der Waals surface area contributed by atoms with Crippen molar-refractivity contribution in [3.63, 3.8) is 0 Å². The van der Waals surface area contributed by atoms with E-state index >= 15 is 0 Å². The molecule has 1 saturated heterocycles. The van der Waals surface area contributed by atoms with Crippen LogP contribution in [0.2, 0.25) is 0 Å². The van der Waals surface area contributed by atoms with Crippen molar-refractivity contribution < 1.29 is 17.9 Å². The SMILES string of the molecule is CCOC(=O)C(C)=C1CCS(=O)(=O)CC1. The quantitative estimate of drug-likeness (QED) is 0.528. The summed E-state index contributed by atoms with van der Waals surface area (Å²) in [5, 5.41) is 0. The Balaban J connectivity index is 2.72. The first-order valence-corrected chi connectivity index (χ1v) is 6.84. The van der Waals surface area contributed by atoms with Crippen LogP contribution in [0.25, 0.3) is 0 Å². The van der Waals surface area contributed by atoms with Gasteiger partial charge in [-0.05, 0) is 26.7 Å². The third-order valence-electron chi connectivity index (χ3n) is 2.54. The maximum Gasteiger partial charge on any atom is 0.333 e. The van der Waals surface area contributed by atoms with Crippen molar-refractivity contribution in [3.8, 4) is 0 Å². The van der Waals surface area contributed by atoms with E-state index in [0.717, 1.165) is 5.57 Å². The summed E-state index contributed by atoms with van der Waals surface area (Å²) in [6.07, 6.45) is 0.931. The molecule has 86 valence electrons. The molecule has 0 aliphatic carbocycles. The van der Waals surface area contributed by atoms with E-state index in [1.54, 1.807) is 13.8 Å². The molecular weight excluding hydrogens is 216 g/mol. The molecule has 0 atom stereocenters. The Bertz CT molecular complexity index is 362. The van der Waals surface area contributed by atoms with Crippen molar-refractivity contribution in [1.82, 2.24) is 0 Å². The Kier molecular flexibility index (Phi) is 3.90. The van der Waals surface area contributed by atoms with Gasteiger partial charge in [-0.3, -0.25) is 0 Å². The topological polar surface area (TPSA) is 60.4 Å². The summed E-state index contributed by atoms with van der Waals surface area (Å²) in [6.45, 7) is 3.80. The van der Waals surface area contributed by atoms with Crippen LogP contribution in [0.15, 0.2) is 11.1 Å². The van der Waals surface area contributed by atoms with Gasteiger partial charge in [-0.2, -0.15) is 0 Å². The van der Waals surface area contributed by atoms with Crippen LogP contribution in [0.3, 0.4) is 0 Å². The molecule has 0 N–H and O–H groups in total. The number of sulfone groups is 1. The molecule has 1 rings (SSSR count). The molecule has 5 heteroatoms. The first-order valence-electron chi connectivity index (χ1n) is 5.02. The van der Waals surface area contributed by atoms with E-state index in [4.69, 9.17) is 4.74 Å². The van der Waals surface area contributed by atoms with Gasteiger partial charge in [0.15, 0.2) is 9.84 Å². The highest BCUT2D eigenvalue weighted by Gasteiger charge is 2.22. The lowest BCUT2D eigenvalue weighted by molar-refractivity contribution is -0.138. The van der Waals surface area contributed by atoms with E-state index in [-0.39, 0.29) is 17.5 Å². The number of carbonyl (C=O) groups excluding carboxylic acids is 1.